The second-order valence-corrected chi connectivity index (χ2v) is 11.2. The van der Waals surface area contributed by atoms with Crippen LogP contribution in [0, 0.1) is 0 Å². The number of hydrogen-bond donors (Lipinski definition) is 1. The summed E-state index contributed by atoms with van der Waals surface area (Å²) in [6.07, 6.45) is 0.236. The van der Waals surface area contributed by atoms with Crippen LogP contribution in [0.2, 0.25) is 19.6 Å². The summed E-state index contributed by atoms with van der Waals surface area (Å²) < 4.78 is 0. The van der Waals surface area contributed by atoms with Crippen LogP contribution in [0.4, 0.5) is 0 Å². The van der Waals surface area contributed by atoms with Crippen molar-refractivity contribution >= 4 is 8.07 Å². The zero-order valence-corrected chi connectivity index (χ0v) is 13.1. The Labute approximate surface area is 112 Å². The normalized spacial score (nSPS) is 12.8. The number of hydrogen-bond acceptors (Lipinski definition) is 1. The van der Waals surface area contributed by atoms with Crippen LogP contribution in [0.15, 0.2) is 46.8 Å². The van der Waals surface area contributed by atoms with Gasteiger partial charge >= 0.3 is 0 Å². The van der Waals surface area contributed by atoms with Crippen molar-refractivity contribution in [2.45, 2.75) is 46.0 Å². The van der Waals surface area contributed by atoms with Crippen LogP contribution in [0.5, 0.6) is 0 Å². The molecule has 1 aromatic rings. The van der Waals surface area contributed by atoms with Crippen LogP contribution in [-0.4, -0.2) is 13.2 Å². The first-order valence-corrected chi connectivity index (χ1v) is 9.97. The minimum Gasteiger partial charge on any atom is -0.388 e. The molecule has 0 bridgehead atoms. The van der Waals surface area contributed by atoms with Gasteiger partial charge in [-0.2, -0.15) is 0 Å². The van der Waals surface area contributed by atoms with Gasteiger partial charge in [0.05, 0.1) is 14.2 Å². The molecule has 1 aromatic carbocycles. The molecular weight excluding hydrogens is 236 g/mol. The van der Waals surface area contributed by atoms with Crippen molar-refractivity contribution in [3.05, 3.63) is 52.4 Å². The molecule has 0 saturated carbocycles. The summed E-state index contributed by atoms with van der Waals surface area (Å²) in [7, 11) is -1.25. The fraction of sp³-hybridized carbons (Fsp3) is 0.438. The maximum absolute atomic E-state index is 10.1. The molecule has 2 heteroatoms. The molecule has 1 nitrogen and oxygen atoms in total. The average molecular weight is 260 g/mol. The topological polar surface area (TPSA) is 20.2 Å². The van der Waals surface area contributed by atoms with Gasteiger partial charge in [0.2, 0.25) is 0 Å². The Morgan fingerprint density at radius 2 is 1.72 bits per heavy atom. The monoisotopic (exact) mass is 260 g/mol. The fourth-order valence-electron chi connectivity index (χ4n) is 1.64. The first-order valence-electron chi connectivity index (χ1n) is 6.47. The van der Waals surface area contributed by atoms with Crippen LogP contribution in [-0.2, 0) is 0 Å². The molecule has 0 spiro atoms. The van der Waals surface area contributed by atoms with Gasteiger partial charge in [-0.1, -0.05) is 50.0 Å². The Morgan fingerprint density at radius 1 is 1.17 bits per heavy atom. The van der Waals surface area contributed by atoms with Gasteiger partial charge in [-0.3, -0.25) is 0 Å². The van der Waals surface area contributed by atoms with E-state index in [-0.39, 0.29) is 0 Å². The van der Waals surface area contributed by atoms with E-state index >= 15 is 0 Å². The second-order valence-electron chi connectivity index (χ2n) is 5.91. The van der Waals surface area contributed by atoms with Crippen molar-refractivity contribution in [2.24, 2.45) is 0 Å². The smallest absolute Gasteiger partial charge is 0.0833 e. The summed E-state index contributed by atoms with van der Waals surface area (Å²) in [6, 6.07) is 9.82. The number of aliphatic hydroxyl groups excluding tert-OH is 1. The van der Waals surface area contributed by atoms with Crippen molar-refractivity contribution < 1.29 is 5.11 Å². The molecule has 0 aromatic heterocycles. The van der Waals surface area contributed by atoms with Gasteiger partial charge in [-0.25, -0.2) is 0 Å². The Morgan fingerprint density at radius 3 is 2.22 bits per heavy atom. The summed E-state index contributed by atoms with van der Waals surface area (Å²) in [5, 5.41) is 11.5. The van der Waals surface area contributed by atoms with Gasteiger partial charge < -0.3 is 5.11 Å². The number of aliphatic hydroxyl groups is 1. The molecule has 0 heterocycles. The number of benzene rings is 1. The van der Waals surface area contributed by atoms with E-state index in [9.17, 15) is 5.11 Å². The van der Waals surface area contributed by atoms with Crippen molar-refractivity contribution in [2.75, 3.05) is 0 Å². The quantitative estimate of drug-likeness (QED) is 0.625. The summed E-state index contributed by atoms with van der Waals surface area (Å²) in [5.74, 6) is 0. The highest BCUT2D eigenvalue weighted by atomic mass is 28.3. The third-order valence-electron chi connectivity index (χ3n) is 3.21. The molecule has 98 valence electrons. The third kappa shape index (κ3) is 4.65. The van der Waals surface area contributed by atoms with E-state index in [1.165, 1.54) is 5.20 Å². The molecule has 0 aliphatic rings. The van der Waals surface area contributed by atoms with E-state index in [4.69, 9.17) is 0 Å². The Bertz CT molecular complexity index is 448. The van der Waals surface area contributed by atoms with E-state index in [1.807, 2.05) is 30.3 Å². The highest BCUT2D eigenvalue weighted by molar-refractivity contribution is 6.82. The summed E-state index contributed by atoms with van der Waals surface area (Å²) >= 11 is 0. The average Bonchev–Trinajstić information content (AvgIpc) is 2.28. The van der Waals surface area contributed by atoms with Crippen molar-refractivity contribution in [3.8, 4) is 0 Å². The minimum absolute atomic E-state index is 0.423. The highest BCUT2D eigenvalue weighted by Crippen LogP contribution is 2.21. The van der Waals surface area contributed by atoms with Crippen molar-refractivity contribution in [1.29, 1.82) is 0 Å². The summed E-state index contributed by atoms with van der Waals surface area (Å²) in [4.78, 5) is 0. The maximum Gasteiger partial charge on any atom is 0.0833 e. The van der Waals surface area contributed by atoms with Gasteiger partial charge in [-0.05, 0) is 30.2 Å². The van der Waals surface area contributed by atoms with E-state index in [2.05, 4.69) is 39.2 Å². The molecular formula is C16H24OSi. The first kappa shape index (κ1) is 15.0. The van der Waals surface area contributed by atoms with Gasteiger partial charge in [0.15, 0.2) is 0 Å². The molecule has 0 amide bonds. The molecule has 0 aliphatic carbocycles. The lowest BCUT2D eigenvalue weighted by atomic mass is 10.0. The molecule has 1 rings (SSSR count). The van der Waals surface area contributed by atoms with Crippen molar-refractivity contribution in [3.63, 3.8) is 0 Å². The minimum atomic E-state index is -1.25. The van der Waals surface area contributed by atoms with Gasteiger partial charge in [0, 0.05) is 6.42 Å². The highest BCUT2D eigenvalue weighted by Gasteiger charge is 2.15. The van der Waals surface area contributed by atoms with Crippen LogP contribution in [0.25, 0.3) is 0 Å². The first-order chi connectivity index (χ1) is 8.30. The standard InChI is InChI=1S/C16H24OSi/c1-13(11-14(2)18(3,4)5)12-16(17)15-9-7-6-8-10-15/h6-10,16-17H,12H2,1-5H3. The predicted molar refractivity (Wildman–Crippen MR) is 81.3 cm³/mol. The molecule has 1 atom stereocenters. The lowest BCUT2D eigenvalue weighted by molar-refractivity contribution is 0.178. The van der Waals surface area contributed by atoms with E-state index in [0.29, 0.717) is 6.42 Å². The summed E-state index contributed by atoms with van der Waals surface area (Å²) in [6.45, 7) is 11.2. The van der Waals surface area contributed by atoms with Crippen LogP contribution in [0.1, 0.15) is 31.9 Å². The lowest BCUT2D eigenvalue weighted by Gasteiger charge is -2.15. The van der Waals surface area contributed by atoms with Gasteiger partial charge in [0.25, 0.3) is 0 Å². The maximum atomic E-state index is 10.1. The second kappa shape index (κ2) is 6.19. The number of rotatable bonds is 4. The van der Waals surface area contributed by atoms with E-state index < -0.39 is 14.2 Å². The van der Waals surface area contributed by atoms with Gasteiger partial charge in [0.1, 0.15) is 0 Å². The molecule has 18 heavy (non-hydrogen) atoms. The summed E-state index contributed by atoms with van der Waals surface area (Å²) in [5.41, 5.74) is 5.56. The molecule has 0 radical (unpaired) electrons. The van der Waals surface area contributed by atoms with Crippen molar-refractivity contribution in [1.82, 2.24) is 0 Å². The third-order valence-corrected chi connectivity index (χ3v) is 5.58. The Hall–Kier alpha value is -1.08. The zero-order valence-electron chi connectivity index (χ0n) is 12.1. The SMILES string of the molecule is CC(=C=C(C)[Si](C)(C)C)CC(O)c1ccccc1. The van der Waals surface area contributed by atoms with Gasteiger partial charge in [-0.15, -0.1) is 5.73 Å². The van der Waals surface area contributed by atoms with E-state index in [0.717, 1.165) is 11.1 Å². The molecule has 0 fully saturated rings. The largest absolute Gasteiger partial charge is 0.388 e. The van der Waals surface area contributed by atoms with Crippen LogP contribution >= 0.6 is 0 Å². The Balaban J connectivity index is 2.83. The van der Waals surface area contributed by atoms with Crippen LogP contribution < -0.4 is 0 Å². The zero-order chi connectivity index (χ0) is 13.8. The molecule has 0 aliphatic heterocycles. The molecule has 1 N–H and O–H groups in total. The Kier molecular flexibility index (Phi) is 5.15. The molecule has 1 unspecified atom stereocenters. The molecule has 0 saturated heterocycles. The van der Waals surface area contributed by atoms with Crippen LogP contribution in [0.3, 0.4) is 0 Å². The van der Waals surface area contributed by atoms with E-state index in [1.54, 1.807) is 0 Å². The lowest BCUT2D eigenvalue weighted by Crippen LogP contribution is -2.21. The fourth-order valence-corrected chi connectivity index (χ4v) is 2.23. The predicted octanol–water partition coefficient (Wildman–Crippen LogP) is 4.48.